The van der Waals surface area contributed by atoms with Crippen LogP contribution >= 0.6 is 0 Å². The van der Waals surface area contributed by atoms with Gasteiger partial charge >= 0.3 is 0 Å². The summed E-state index contributed by atoms with van der Waals surface area (Å²) in [6, 6.07) is 6.36. The van der Waals surface area contributed by atoms with Crippen molar-refractivity contribution >= 4 is 0 Å². The van der Waals surface area contributed by atoms with Crippen molar-refractivity contribution in [1.82, 2.24) is 0 Å². The normalized spacial score (nSPS) is 24.6. The molecule has 0 bridgehead atoms. The second-order valence-corrected chi connectivity index (χ2v) is 5.13. The molecule has 1 N–H and O–H groups in total. The maximum absolute atomic E-state index is 12.7. The van der Waals surface area contributed by atoms with E-state index in [-0.39, 0.29) is 11.9 Å². The van der Waals surface area contributed by atoms with Gasteiger partial charge in [-0.25, -0.2) is 4.39 Å². The van der Waals surface area contributed by atoms with Gasteiger partial charge in [-0.2, -0.15) is 0 Å². The van der Waals surface area contributed by atoms with Crippen LogP contribution in [0.1, 0.15) is 31.7 Å². The second-order valence-electron chi connectivity index (χ2n) is 5.13. The zero-order chi connectivity index (χ0) is 13.0. The fourth-order valence-electron chi connectivity index (χ4n) is 2.60. The molecule has 1 aromatic carbocycles. The Kier molecular flexibility index (Phi) is 4.72. The number of hydrogen-bond donors (Lipinski definition) is 1. The van der Waals surface area contributed by atoms with Crippen molar-refractivity contribution < 1.29 is 14.2 Å². The number of aliphatic hydroxyl groups excluding tert-OH is 1. The summed E-state index contributed by atoms with van der Waals surface area (Å²) in [6.45, 7) is 2.78. The lowest BCUT2D eigenvalue weighted by Gasteiger charge is -2.36. The van der Waals surface area contributed by atoms with E-state index in [2.05, 4.69) is 0 Å². The summed E-state index contributed by atoms with van der Waals surface area (Å²) in [4.78, 5) is 0. The van der Waals surface area contributed by atoms with Crippen molar-refractivity contribution in [3.05, 3.63) is 35.6 Å². The Morgan fingerprint density at radius 2 is 2.00 bits per heavy atom. The third-order valence-corrected chi connectivity index (χ3v) is 3.58. The summed E-state index contributed by atoms with van der Waals surface area (Å²) in [5.74, 6) is 0.351. The predicted octanol–water partition coefficient (Wildman–Crippen LogP) is 2.93. The maximum atomic E-state index is 12.7. The van der Waals surface area contributed by atoms with Crippen LogP contribution in [0.15, 0.2) is 24.3 Å². The molecule has 1 atom stereocenters. The third kappa shape index (κ3) is 3.79. The molecular weight excluding hydrogens is 231 g/mol. The summed E-state index contributed by atoms with van der Waals surface area (Å²) in [7, 11) is 0. The highest BCUT2D eigenvalue weighted by Crippen LogP contribution is 2.34. The molecule has 18 heavy (non-hydrogen) atoms. The van der Waals surface area contributed by atoms with Crippen molar-refractivity contribution in [3.63, 3.8) is 0 Å². The Labute approximate surface area is 108 Å². The third-order valence-electron chi connectivity index (χ3n) is 3.58. The number of rotatable bonds is 6. The molecule has 0 radical (unpaired) electrons. The maximum Gasteiger partial charge on any atom is 0.123 e. The minimum atomic E-state index is -0.331. The van der Waals surface area contributed by atoms with Gasteiger partial charge in [-0.05, 0) is 56.2 Å². The average Bonchev–Trinajstić information content (AvgIpc) is 2.29. The summed E-state index contributed by atoms with van der Waals surface area (Å²) in [5, 5.41) is 9.99. The van der Waals surface area contributed by atoms with Gasteiger partial charge in [0.2, 0.25) is 0 Å². The lowest BCUT2D eigenvalue weighted by atomic mass is 9.78. The summed E-state index contributed by atoms with van der Waals surface area (Å²) in [6.07, 6.45) is 3.63. The van der Waals surface area contributed by atoms with Crippen LogP contribution in [-0.2, 0) is 11.2 Å². The van der Waals surface area contributed by atoms with Crippen molar-refractivity contribution in [2.24, 2.45) is 5.92 Å². The first-order valence-electron chi connectivity index (χ1n) is 6.71. The lowest BCUT2D eigenvalue weighted by molar-refractivity contribution is -0.0375. The van der Waals surface area contributed by atoms with Gasteiger partial charge in [0.25, 0.3) is 0 Å². The minimum absolute atomic E-state index is 0.230. The highest BCUT2D eigenvalue weighted by Gasteiger charge is 2.30. The molecule has 0 amide bonds. The largest absolute Gasteiger partial charge is 0.393 e. The van der Waals surface area contributed by atoms with Crippen molar-refractivity contribution in [1.29, 1.82) is 0 Å². The molecule has 1 aliphatic rings. The molecule has 0 saturated heterocycles. The number of ether oxygens (including phenoxy) is 1. The molecule has 100 valence electrons. The standard InChI is InChI=1S/C15H21FO2/c1-2-18-15-9-12(10-15)8-14(17)7-11-3-5-13(16)6-4-11/h3-6,12,14-15,17H,2,7-10H2,1H3. The first kappa shape index (κ1) is 13.5. The van der Waals surface area contributed by atoms with Crippen LogP contribution < -0.4 is 0 Å². The molecule has 0 spiro atoms. The first-order valence-corrected chi connectivity index (χ1v) is 6.71. The molecule has 0 heterocycles. The molecule has 2 rings (SSSR count). The van der Waals surface area contributed by atoms with E-state index in [0.29, 0.717) is 18.4 Å². The van der Waals surface area contributed by atoms with E-state index in [9.17, 15) is 9.50 Å². The van der Waals surface area contributed by atoms with E-state index >= 15 is 0 Å². The second kappa shape index (κ2) is 6.30. The number of hydrogen-bond acceptors (Lipinski definition) is 2. The topological polar surface area (TPSA) is 29.5 Å². The first-order chi connectivity index (χ1) is 8.67. The SMILES string of the molecule is CCOC1CC(CC(O)Cc2ccc(F)cc2)C1. The summed E-state index contributed by atoms with van der Waals surface area (Å²) in [5.41, 5.74) is 0.990. The van der Waals surface area contributed by atoms with E-state index in [4.69, 9.17) is 4.74 Å². The van der Waals surface area contributed by atoms with Crippen molar-refractivity contribution in [3.8, 4) is 0 Å². The van der Waals surface area contributed by atoms with E-state index in [0.717, 1.165) is 31.4 Å². The molecule has 1 aliphatic carbocycles. The van der Waals surface area contributed by atoms with Crippen LogP contribution in [0.5, 0.6) is 0 Å². The Morgan fingerprint density at radius 1 is 1.33 bits per heavy atom. The monoisotopic (exact) mass is 252 g/mol. The highest BCUT2D eigenvalue weighted by atomic mass is 19.1. The smallest absolute Gasteiger partial charge is 0.123 e. The molecule has 1 unspecified atom stereocenters. The van der Waals surface area contributed by atoms with Gasteiger partial charge in [-0.1, -0.05) is 12.1 Å². The molecule has 1 aromatic rings. The van der Waals surface area contributed by atoms with Crippen LogP contribution in [0.2, 0.25) is 0 Å². The van der Waals surface area contributed by atoms with Gasteiger partial charge in [0.05, 0.1) is 12.2 Å². The van der Waals surface area contributed by atoms with Crippen molar-refractivity contribution in [2.75, 3.05) is 6.61 Å². The Bertz CT molecular complexity index is 357. The fourth-order valence-corrected chi connectivity index (χ4v) is 2.60. The van der Waals surface area contributed by atoms with Gasteiger partial charge in [-0.3, -0.25) is 0 Å². The van der Waals surface area contributed by atoms with Crippen LogP contribution in [-0.4, -0.2) is 23.9 Å². The molecule has 1 saturated carbocycles. The Hall–Kier alpha value is -0.930. The van der Waals surface area contributed by atoms with Crippen LogP contribution in [0.4, 0.5) is 4.39 Å². The highest BCUT2D eigenvalue weighted by molar-refractivity contribution is 5.16. The quantitative estimate of drug-likeness (QED) is 0.843. The Morgan fingerprint density at radius 3 is 2.61 bits per heavy atom. The fraction of sp³-hybridized carbons (Fsp3) is 0.600. The molecule has 1 fully saturated rings. The molecule has 3 heteroatoms. The van der Waals surface area contributed by atoms with Crippen LogP contribution in [0.25, 0.3) is 0 Å². The number of halogens is 1. The predicted molar refractivity (Wildman–Crippen MR) is 68.9 cm³/mol. The van der Waals surface area contributed by atoms with Gasteiger partial charge in [0, 0.05) is 6.61 Å². The molecular formula is C15H21FO2. The number of aliphatic hydroxyl groups is 1. The van der Waals surface area contributed by atoms with Gasteiger partial charge in [0.1, 0.15) is 5.82 Å². The van der Waals surface area contributed by atoms with Gasteiger partial charge in [0.15, 0.2) is 0 Å². The van der Waals surface area contributed by atoms with E-state index < -0.39 is 0 Å². The van der Waals surface area contributed by atoms with E-state index in [1.54, 1.807) is 12.1 Å². The molecule has 0 aliphatic heterocycles. The molecule has 2 nitrogen and oxygen atoms in total. The van der Waals surface area contributed by atoms with Crippen molar-refractivity contribution in [2.45, 2.75) is 44.8 Å². The van der Waals surface area contributed by atoms with Gasteiger partial charge in [-0.15, -0.1) is 0 Å². The summed E-state index contributed by atoms with van der Waals surface area (Å²) >= 11 is 0. The van der Waals surface area contributed by atoms with E-state index in [1.165, 1.54) is 12.1 Å². The Balaban J connectivity index is 1.70. The van der Waals surface area contributed by atoms with Crippen LogP contribution in [0, 0.1) is 11.7 Å². The van der Waals surface area contributed by atoms with Crippen LogP contribution in [0.3, 0.4) is 0 Å². The number of benzene rings is 1. The zero-order valence-electron chi connectivity index (χ0n) is 10.8. The van der Waals surface area contributed by atoms with Gasteiger partial charge < -0.3 is 9.84 Å². The molecule has 0 aromatic heterocycles. The minimum Gasteiger partial charge on any atom is -0.393 e. The van der Waals surface area contributed by atoms with E-state index in [1.807, 2.05) is 6.92 Å². The lowest BCUT2D eigenvalue weighted by Crippen LogP contribution is -2.34. The summed E-state index contributed by atoms with van der Waals surface area (Å²) < 4.78 is 18.2. The average molecular weight is 252 g/mol. The zero-order valence-corrected chi connectivity index (χ0v) is 10.8.